The maximum atomic E-state index is 12.2. The number of carbonyl (C=O) groups is 1. The molecule has 0 radical (unpaired) electrons. The van der Waals surface area contributed by atoms with Crippen molar-refractivity contribution in [1.82, 2.24) is 14.9 Å². The van der Waals surface area contributed by atoms with Gasteiger partial charge in [0.2, 0.25) is 15.9 Å². The molecule has 1 amide bonds. The maximum absolute atomic E-state index is 12.2. The summed E-state index contributed by atoms with van der Waals surface area (Å²) < 4.78 is 24.4. The number of carbonyl (C=O) groups excluding carboxylic acids is 1. The van der Waals surface area contributed by atoms with E-state index in [-0.39, 0.29) is 24.4 Å². The predicted molar refractivity (Wildman–Crippen MR) is 94.3 cm³/mol. The van der Waals surface area contributed by atoms with Gasteiger partial charge in [-0.15, -0.1) is 12.4 Å². The smallest absolute Gasteiger partial charge is 0.237 e. The number of hydrogen-bond acceptors (Lipinski definition) is 4. The molecule has 0 bridgehead atoms. The first-order valence-corrected chi connectivity index (χ1v) is 10.3. The summed E-state index contributed by atoms with van der Waals surface area (Å²) in [6, 6.07) is 0.454. The normalized spacial score (nSPS) is 27.3. The molecular weight excluding hydrogens is 338 g/mol. The van der Waals surface area contributed by atoms with Crippen molar-refractivity contribution < 1.29 is 13.2 Å². The number of rotatable bonds is 7. The molecule has 0 spiro atoms. The highest BCUT2D eigenvalue weighted by atomic mass is 35.5. The molecule has 1 aliphatic carbocycles. The monoisotopic (exact) mass is 367 g/mol. The molecule has 6 nitrogen and oxygen atoms in total. The third-order valence-electron chi connectivity index (χ3n) is 4.88. The Balaban J connectivity index is 0.00000264. The molecular formula is C15H30ClN3O3S. The number of nitrogens with zero attached hydrogens (tertiary/aromatic N) is 1. The fourth-order valence-electron chi connectivity index (χ4n) is 3.67. The van der Waals surface area contributed by atoms with Gasteiger partial charge in [0, 0.05) is 25.7 Å². The molecule has 0 aromatic rings. The Hall–Kier alpha value is -0.370. The molecule has 1 aliphatic heterocycles. The summed E-state index contributed by atoms with van der Waals surface area (Å²) >= 11 is 0. The van der Waals surface area contributed by atoms with Gasteiger partial charge in [0.15, 0.2) is 0 Å². The zero-order chi connectivity index (χ0) is 16.2. The molecule has 2 aliphatic rings. The van der Waals surface area contributed by atoms with Gasteiger partial charge in [-0.05, 0) is 31.6 Å². The van der Waals surface area contributed by atoms with Gasteiger partial charge in [-0.1, -0.05) is 19.8 Å². The van der Waals surface area contributed by atoms with Crippen LogP contribution in [0, 0.1) is 5.92 Å². The van der Waals surface area contributed by atoms with Crippen molar-refractivity contribution in [2.75, 3.05) is 25.9 Å². The number of nitrogens with one attached hydrogen (secondary N) is 2. The third-order valence-corrected chi connectivity index (χ3v) is 6.26. The highest BCUT2D eigenvalue weighted by molar-refractivity contribution is 7.88. The summed E-state index contributed by atoms with van der Waals surface area (Å²) in [5.74, 6) is 0.724. The molecule has 1 saturated heterocycles. The van der Waals surface area contributed by atoms with E-state index in [0.29, 0.717) is 38.0 Å². The number of hydrogen-bond donors (Lipinski definition) is 2. The second-order valence-electron chi connectivity index (χ2n) is 6.51. The number of fused-ring (bicyclic) bond motifs is 1. The minimum atomic E-state index is -3.14. The number of halogens is 1. The Labute approximate surface area is 146 Å². The summed E-state index contributed by atoms with van der Waals surface area (Å²) in [6.07, 6.45) is 7.79. The van der Waals surface area contributed by atoms with Gasteiger partial charge in [0.25, 0.3) is 0 Å². The quantitative estimate of drug-likeness (QED) is 0.661. The molecule has 1 saturated carbocycles. The largest absolute Gasteiger partial charge is 0.355 e. The average Bonchev–Trinajstić information content (AvgIpc) is 2.89. The number of amides is 1. The zero-order valence-corrected chi connectivity index (χ0v) is 15.7. The van der Waals surface area contributed by atoms with E-state index in [1.807, 2.05) is 6.92 Å². The Morgan fingerprint density at radius 2 is 2.00 bits per heavy atom. The van der Waals surface area contributed by atoms with Crippen LogP contribution in [0.4, 0.5) is 0 Å². The van der Waals surface area contributed by atoms with Crippen LogP contribution in [0.25, 0.3) is 0 Å². The molecule has 23 heavy (non-hydrogen) atoms. The average molecular weight is 368 g/mol. The van der Waals surface area contributed by atoms with E-state index in [1.54, 1.807) is 0 Å². The van der Waals surface area contributed by atoms with Crippen molar-refractivity contribution >= 4 is 28.3 Å². The summed E-state index contributed by atoms with van der Waals surface area (Å²) in [5, 5.41) is 6.40. The van der Waals surface area contributed by atoms with Crippen LogP contribution in [0.5, 0.6) is 0 Å². The van der Waals surface area contributed by atoms with E-state index in [0.717, 1.165) is 6.42 Å². The number of sulfonamides is 1. The standard InChI is InChI=1S/C15H29N3O3S.ClH/c1-3-18(22(2,20)21)10-6-9-16-15(19)14-11-12-7-4-5-8-13(12)17-14;/h12-14,17H,3-11H2,1-2H3,(H,16,19);1H. The summed E-state index contributed by atoms with van der Waals surface area (Å²) in [7, 11) is -3.14. The lowest BCUT2D eigenvalue weighted by Crippen LogP contribution is -2.44. The Morgan fingerprint density at radius 3 is 2.61 bits per heavy atom. The molecule has 136 valence electrons. The van der Waals surface area contributed by atoms with Crippen molar-refractivity contribution in [3.8, 4) is 0 Å². The van der Waals surface area contributed by atoms with Crippen LogP contribution in [-0.2, 0) is 14.8 Å². The molecule has 8 heteroatoms. The van der Waals surface area contributed by atoms with Gasteiger partial charge in [-0.2, -0.15) is 0 Å². The first-order valence-electron chi connectivity index (χ1n) is 8.40. The maximum Gasteiger partial charge on any atom is 0.237 e. The van der Waals surface area contributed by atoms with Gasteiger partial charge < -0.3 is 10.6 Å². The summed E-state index contributed by atoms with van der Waals surface area (Å²) in [6.45, 7) is 3.28. The van der Waals surface area contributed by atoms with Crippen molar-refractivity contribution in [2.45, 2.75) is 57.5 Å². The van der Waals surface area contributed by atoms with Gasteiger partial charge >= 0.3 is 0 Å². The van der Waals surface area contributed by atoms with Crippen LogP contribution in [-0.4, -0.2) is 56.6 Å². The Kier molecular flexibility index (Phi) is 8.27. The highest BCUT2D eigenvalue weighted by Gasteiger charge is 2.37. The molecule has 2 fully saturated rings. The minimum absolute atomic E-state index is 0. The lowest BCUT2D eigenvalue weighted by atomic mass is 9.85. The molecule has 2 N–H and O–H groups in total. The molecule has 3 unspecified atom stereocenters. The Morgan fingerprint density at radius 1 is 1.30 bits per heavy atom. The lowest BCUT2D eigenvalue weighted by molar-refractivity contribution is -0.122. The van der Waals surface area contributed by atoms with E-state index in [2.05, 4.69) is 10.6 Å². The fourth-order valence-corrected chi connectivity index (χ4v) is 4.60. The highest BCUT2D eigenvalue weighted by Crippen LogP contribution is 2.33. The van der Waals surface area contributed by atoms with Gasteiger partial charge in [0.05, 0.1) is 12.3 Å². The van der Waals surface area contributed by atoms with Crippen LogP contribution < -0.4 is 10.6 Å². The first-order chi connectivity index (χ1) is 10.4. The van der Waals surface area contributed by atoms with Crippen molar-refractivity contribution in [2.24, 2.45) is 5.92 Å². The molecule has 2 rings (SSSR count). The van der Waals surface area contributed by atoms with Crippen molar-refractivity contribution in [3.63, 3.8) is 0 Å². The SMILES string of the molecule is CCN(CCCNC(=O)C1CC2CCCCC2N1)S(C)(=O)=O.Cl. The van der Waals surface area contributed by atoms with Crippen LogP contribution in [0.1, 0.15) is 45.4 Å². The van der Waals surface area contributed by atoms with E-state index in [9.17, 15) is 13.2 Å². The topological polar surface area (TPSA) is 78.5 Å². The fraction of sp³-hybridized carbons (Fsp3) is 0.933. The van der Waals surface area contributed by atoms with E-state index in [1.165, 1.54) is 36.2 Å². The molecule has 0 aromatic heterocycles. The Bertz CT molecular complexity index is 472. The molecule has 0 aromatic carbocycles. The lowest BCUT2D eigenvalue weighted by Gasteiger charge is -2.24. The summed E-state index contributed by atoms with van der Waals surface area (Å²) in [5.41, 5.74) is 0. The van der Waals surface area contributed by atoms with Crippen molar-refractivity contribution in [3.05, 3.63) is 0 Å². The van der Waals surface area contributed by atoms with Gasteiger partial charge in [-0.3, -0.25) is 4.79 Å². The molecule has 3 atom stereocenters. The van der Waals surface area contributed by atoms with Gasteiger partial charge in [-0.25, -0.2) is 12.7 Å². The van der Waals surface area contributed by atoms with Crippen LogP contribution >= 0.6 is 12.4 Å². The molecule has 1 heterocycles. The summed E-state index contributed by atoms with van der Waals surface area (Å²) in [4.78, 5) is 12.2. The minimum Gasteiger partial charge on any atom is -0.355 e. The first kappa shape index (κ1) is 20.7. The predicted octanol–water partition coefficient (Wildman–Crippen LogP) is 1.12. The third kappa shape index (κ3) is 5.89. The zero-order valence-electron chi connectivity index (χ0n) is 14.1. The van der Waals surface area contributed by atoms with Gasteiger partial charge in [0.1, 0.15) is 0 Å². The van der Waals surface area contributed by atoms with E-state index < -0.39 is 10.0 Å². The van der Waals surface area contributed by atoms with Crippen molar-refractivity contribution in [1.29, 1.82) is 0 Å². The van der Waals surface area contributed by atoms with Crippen LogP contribution in [0.15, 0.2) is 0 Å². The second-order valence-corrected chi connectivity index (χ2v) is 8.49. The van der Waals surface area contributed by atoms with E-state index >= 15 is 0 Å². The van der Waals surface area contributed by atoms with Crippen LogP contribution in [0.2, 0.25) is 0 Å². The van der Waals surface area contributed by atoms with E-state index in [4.69, 9.17) is 0 Å². The van der Waals surface area contributed by atoms with Crippen LogP contribution in [0.3, 0.4) is 0 Å². The second kappa shape index (κ2) is 9.20.